The summed E-state index contributed by atoms with van der Waals surface area (Å²) < 4.78 is 0. The molecule has 4 rings (SSSR count). The van der Waals surface area contributed by atoms with Crippen LogP contribution < -0.4 is 0 Å². The average molecular weight is 417 g/mol. The molecule has 10 atom stereocenters. The predicted molar refractivity (Wildman–Crippen MR) is 128 cm³/mol. The minimum atomic E-state index is -0.0111. The van der Waals surface area contributed by atoms with Gasteiger partial charge in [-0.2, -0.15) is 0 Å². The number of aliphatic hydroxyl groups excluding tert-OH is 1. The van der Waals surface area contributed by atoms with E-state index in [0.29, 0.717) is 10.8 Å². The molecule has 0 spiro atoms. The third kappa shape index (κ3) is 3.82. The number of hydrogen-bond acceptors (Lipinski definition) is 1. The quantitative estimate of drug-likeness (QED) is 0.463. The first-order valence-corrected chi connectivity index (χ1v) is 13.9. The van der Waals surface area contributed by atoms with Crippen molar-refractivity contribution in [1.82, 2.24) is 0 Å². The molecule has 0 aromatic heterocycles. The molecule has 4 saturated carbocycles. The summed E-state index contributed by atoms with van der Waals surface area (Å²) in [7, 11) is 0. The lowest BCUT2D eigenvalue weighted by atomic mass is 9.44. The molecule has 0 radical (unpaired) electrons. The summed E-state index contributed by atoms with van der Waals surface area (Å²) in [5.74, 6) is 7.34. The molecule has 4 aliphatic rings. The number of rotatable bonds is 6. The molecule has 0 saturated heterocycles. The molecule has 30 heavy (non-hydrogen) atoms. The minimum Gasteiger partial charge on any atom is -0.393 e. The Hall–Kier alpha value is -0.0400. The zero-order valence-electron chi connectivity index (χ0n) is 21.1. The molecule has 4 unspecified atom stereocenters. The van der Waals surface area contributed by atoms with E-state index in [1.165, 1.54) is 64.2 Å². The standard InChI is InChI=1S/C29H52O/c1-7-21(19(2)3)9-8-20(4)25-12-13-26-24-11-10-22-18-23(30)14-16-28(22,5)27(24)15-17-29(25,26)6/h19-27,30H,7-18H2,1-6H3/t20?,21?,22?,23-,24-,25+,26?,27-,28-,29+/m0/s1. The summed E-state index contributed by atoms with van der Waals surface area (Å²) in [5.41, 5.74) is 1.14. The van der Waals surface area contributed by atoms with Crippen LogP contribution >= 0.6 is 0 Å². The van der Waals surface area contributed by atoms with E-state index >= 15 is 0 Å². The third-order valence-electron chi connectivity index (χ3n) is 11.9. The van der Waals surface area contributed by atoms with Crippen LogP contribution in [0.25, 0.3) is 0 Å². The van der Waals surface area contributed by atoms with E-state index in [4.69, 9.17) is 0 Å². The molecular weight excluding hydrogens is 364 g/mol. The Labute approximate surface area is 188 Å². The van der Waals surface area contributed by atoms with E-state index < -0.39 is 0 Å². The molecule has 0 aliphatic heterocycles. The van der Waals surface area contributed by atoms with E-state index in [-0.39, 0.29) is 6.10 Å². The predicted octanol–water partition coefficient (Wildman–Crippen LogP) is 8.10. The fraction of sp³-hybridized carbons (Fsp3) is 1.00. The molecule has 174 valence electrons. The first-order chi connectivity index (χ1) is 14.2. The molecule has 0 bridgehead atoms. The SMILES string of the molecule is CCC(CCC(C)[C@H]1CCC2[C@@H]3CCC4C[C@@H](O)CC[C@]4(C)[C@H]3CC[C@@]21C)C(C)C. The van der Waals surface area contributed by atoms with E-state index in [1.807, 2.05) is 0 Å². The highest BCUT2D eigenvalue weighted by Gasteiger charge is 2.60. The molecular formula is C29H52O. The van der Waals surface area contributed by atoms with Gasteiger partial charge in [0.2, 0.25) is 0 Å². The largest absolute Gasteiger partial charge is 0.393 e. The van der Waals surface area contributed by atoms with Gasteiger partial charge in [0.15, 0.2) is 0 Å². The summed E-state index contributed by atoms with van der Waals surface area (Å²) in [4.78, 5) is 0. The molecule has 1 N–H and O–H groups in total. The van der Waals surface area contributed by atoms with Crippen LogP contribution in [0.5, 0.6) is 0 Å². The van der Waals surface area contributed by atoms with Crippen LogP contribution in [0.3, 0.4) is 0 Å². The highest BCUT2D eigenvalue weighted by atomic mass is 16.3. The van der Waals surface area contributed by atoms with Crippen LogP contribution in [-0.2, 0) is 0 Å². The monoisotopic (exact) mass is 416 g/mol. The summed E-state index contributed by atoms with van der Waals surface area (Å²) in [6.45, 7) is 15.2. The van der Waals surface area contributed by atoms with Gasteiger partial charge in [-0.25, -0.2) is 0 Å². The molecule has 4 aliphatic carbocycles. The normalized spacial score (nSPS) is 48.0. The van der Waals surface area contributed by atoms with Crippen LogP contribution in [0.4, 0.5) is 0 Å². The molecule has 0 heterocycles. The highest BCUT2D eigenvalue weighted by molar-refractivity contribution is 5.09. The lowest BCUT2D eigenvalue weighted by Crippen LogP contribution is -2.54. The molecule has 0 aromatic carbocycles. The van der Waals surface area contributed by atoms with Crippen molar-refractivity contribution in [3.63, 3.8) is 0 Å². The zero-order valence-corrected chi connectivity index (χ0v) is 21.1. The molecule has 0 aromatic rings. The van der Waals surface area contributed by atoms with Gasteiger partial charge < -0.3 is 5.11 Å². The van der Waals surface area contributed by atoms with Gasteiger partial charge in [-0.1, -0.05) is 54.4 Å². The van der Waals surface area contributed by atoms with Crippen molar-refractivity contribution in [3.05, 3.63) is 0 Å². The van der Waals surface area contributed by atoms with Crippen molar-refractivity contribution >= 4 is 0 Å². The summed E-state index contributed by atoms with van der Waals surface area (Å²) >= 11 is 0. The maximum Gasteiger partial charge on any atom is 0.0543 e. The topological polar surface area (TPSA) is 20.2 Å². The second-order valence-corrected chi connectivity index (χ2v) is 13.3. The number of aliphatic hydroxyl groups is 1. The Bertz CT molecular complexity index is 583. The van der Waals surface area contributed by atoms with Crippen LogP contribution in [-0.4, -0.2) is 11.2 Å². The fourth-order valence-electron chi connectivity index (χ4n) is 9.90. The van der Waals surface area contributed by atoms with Gasteiger partial charge in [-0.05, 0) is 122 Å². The molecule has 4 fully saturated rings. The lowest BCUT2D eigenvalue weighted by Gasteiger charge is -2.61. The second kappa shape index (κ2) is 8.72. The van der Waals surface area contributed by atoms with Crippen molar-refractivity contribution in [1.29, 1.82) is 0 Å². The summed E-state index contributed by atoms with van der Waals surface area (Å²) in [6.07, 6.45) is 16.5. The van der Waals surface area contributed by atoms with Crippen molar-refractivity contribution < 1.29 is 5.11 Å². The van der Waals surface area contributed by atoms with Gasteiger partial charge in [-0.15, -0.1) is 0 Å². The van der Waals surface area contributed by atoms with Crippen LogP contribution in [0.15, 0.2) is 0 Å². The van der Waals surface area contributed by atoms with Crippen molar-refractivity contribution in [2.45, 2.75) is 125 Å². The van der Waals surface area contributed by atoms with Gasteiger partial charge in [0.25, 0.3) is 0 Å². The Morgan fingerprint density at radius 1 is 0.833 bits per heavy atom. The molecule has 1 heteroatoms. The maximum absolute atomic E-state index is 10.3. The first kappa shape index (κ1) is 23.1. The second-order valence-electron chi connectivity index (χ2n) is 13.3. The van der Waals surface area contributed by atoms with Crippen molar-refractivity contribution in [2.24, 2.45) is 58.2 Å². The third-order valence-corrected chi connectivity index (χ3v) is 11.9. The van der Waals surface area contributed by atoms with Gasteiger partial charge in [0.1, 0.15) is 0 Å². The van der Waals surface area contributed by atoms with Gasteiger partial charge in [-0.3, -0.25) is 0 Å². The molecule has 0 amide bonds. The van der Waals surface area contributed by atoms with Gasteiger partial charge in [0, 0.05) is 0 Å². The molecule has 1 nitrogen and oxygen atoms in total. The van der Waals surface area contributed by atoms with E-state index in [2.05, 4.69) is 41.5 Å². The summed E-state index contributed by atoms with van der Waals surface area (Å²) in [6, 6.07) is 0. The average Bonchev–Trinajstić information content (AvgIpc) is 3.06. The van der Waals surface area contributed by atoms with E-state index in [1.54, 1.807) is 0 Å². The van der Waals surface area contributed by atoms with Crippen LogP contribution in [0, 0.1) is 58.2 Å². The van der Waals surface area contributed by atoms with Crippen molar-refractivity contribution in [2.75, 3.05) is 0 Å². The Balaban J connectivity index is 1.45. The minimum absolute atomic E-state index is 0.0111. The number of hydrogen-bond donors (Lipinski definition) is 1. The van der Waals surface area contributed by atoms with E-state index in [9.17, 15) is 5.11 Å². The smallest absolute Gasteiger partial charge is 0.0543 e. The zero-order chi connectivity index (χ0) is 21.7. The van der Waals surface area contributed by atoms with E-state index in [0.717, 1.165) is 60.2 Å². The van der Waals surface area contributed by atoms with Gasteiger partial charge in [0.05, 0.1) is 6.10 Å². The van der Waals surface area contributed by atoms with Gasteiger partial charge >= 0.3 is 0 Å². The number of fused-ring (bicyclic) bond motifs is 5. The highest BCUT2D eigenvalue weighted by Crippen LogP contribution is 2.68. The van der Waals surface area contributed by atoms with Crippen LogP contribution in [0.2, 0.25) is 0 Å². The fourth-order valence-corrected chi connectivity index (χ4v) is 9.90. The van der Waals surface area contributed by atoms with Crippen LogP contribution in [0.1, 0.15) is 119 Å². The Morgan fingerprint density at radius 2 is 1.53 bits per heavy atom. The Morgan fingerprint density at radius 3 is 2.23 bits per heavy atom. The maximum atomic E-state index is 10.3. The van der Waals surface area contributed by atoms with Crippen molar-refractivity contribution in [3.8, 4) is 0 Å². The Kier molecular flexibility index (Phi) is 6.72. The summed E-state index contributed by atoms with van der Waals surface area (Å²) in [5, 5.41) is 10.3. The first-order valence-electron chi connectivity index (χ1n) is 13.9. The lowest BCUT2D eigenvalue weighted by molar-refractivity contribution is -0.129.